The Morgan fingerprint density at radius 1 is 0.950 bits per heavy atom. The first-order valence-corrected chi connectivity index (χ1v) is 8.42. The van der Waals surface area contributed by atoms with Crippen molar-refractivity contribution in [2.24, 2.45) is 0 Å². The number of carbonyl (C=O) groups is 1. The maximum atomic E-state index is 12.4. The summed E-state index contributed by atoms with van der Waals surface area (Å²) in [6.45, 7) is 0. The minimum Gasteiger partial charge on any atom is -0.293 e. The summed E-state index contributed by atoms with van der Waals surface area (Å²) in [6.07, 6.45) is 0. The highest BCUT2D eigenvalue weighted by atomic mass is 79.9. The number of benzene rings is 2. The summed E-state index contributed by atoms with van der Waals surface area (Å²) in [5.41, 5.74) is 1.56. The molecule has 0 aliphatic rings. The molecule has 0 heterocycles. The van der Waals surface area contributed by atoms with Crippen LogP contribution in [0, 0.1) is 0 Å². The Balaban J connectivity index is 2.22. The Morgan fingerprint density at radius 2 is 1.60 bits per heavy atom. The van der Waals surface area contributed by atoms with Crippen LogP contribution in [-0.2, 0) is 0 Å². The van der Waals surface area contributed by atoms with Gasteiger partial charge in [-0.2, -0.15) is 0 Å². The monoisotopic (exact) mass is 434 g/mol. The summed E-state index contributed by atoms with van der Waals surface area (Å²) >= 11 is 18.8. The van der Waals surface area contributed by atoms with Gasteiger partial charge in [0.25, 0.3) is 0 Å². The molecule has 1 nitrogen and oxygen atoms in total. The molecule has 2 aromatic carbocycles. The van der Waals surface area contributed by atoms with Gasteiger partial charge in [-0.1, -0.05) is 85.4 Å². The molecule has 2 atom stereocenters. The smallest absolute Gasteiger partial charge is 0.177 e. The third kappa shape index (κ3) is 3.64. The number of hydrogen-bond donors (Lipinski definition) is 0. The Bertz CT molecular complexity index is 617. The van der Waals surface area contributed by atoms with E-state index in [0.29, 0.717) is 15.6 Å². The molecule has 2 unspecified atom stereocenters. The predicted molar refractivity (Wildman–Crippen MR) is 91.6 cm³/mol. The molecule has 0 spiro atoms. The summed E-state index contributed by atoms with van der Waals surface area (Å²) in [6, 6.07) is 14.6. The highest BCUT2D eigenvalue weighted by Gasteiger charge is 2.26. The maximum Gasteiger partial charge on any atom is 0.177 e. The summed E-state index contributed by atoms with van der Waals surface area (Å²) in [4.78, 5) is 11.9. The van der Waals surface area contributed by atoms with Crippen LogP contribution >= 0.6 is 55.1 Å². The van der Waals surface area contributed by atoms with Crippen molar-refractivity contribution in [2.45, 2.75) is 9.65 Å². The van der Waals surface area contributed by atoms with Crippen LogP contribution in [0.15, 0.2) is 48.5 Å². The second kappa shape index (κ2) is 7.08. The number of halogens is 4. The molecule has 0 bridgehead atoms. The van der Waals surface area contributed by atoms with Gasteiger partial charge in [0.2, 0.25) is 0 Å². The summed E-state index contributed by atoms with van der Waals surface area (Å²) < 4.78 is 0. The number of ketones is 1. The van der Waals surface area contributed by atoms with Crippen LogP contribution in [0.25, 0.3) is 0 Å². The van der Waals surface area contributed by atoms with Crippen molar-refractivity contribution >= 4 is 60.8 Å². The van der Waals surface area contributed by atoms with Gasteiger partial charge in [0.15, 0.2) is 5.78 Å². The van der Waals surface area contributed by atoms with Crippen LogP contribution in [0.4, 0.5) is 0 Å². The van der Waals surface area contributed by atoms with E-state index in [-0.39, 0.29) is 15.4 Å². The minimum absolute atomic E-state index is 0.0469. The first-order valence-electron chi connectivity index (χ1n) is 5.83. The lowest BCUT2D eigenvalue weighted by Crippen LogP contribution is -2.19. The average Bonchev–Trinajstić information content (AvgIpc) is 2.48. The molecule has 2 aromatic rings. The zero-order valence-corrected chi connectivity index (χ0v) is 14.9. The molecule has 0 amide bonds. The highest BCUT2D eigenvalue weighted by molar-refractivity contribution is 9.12. The molecular formula is C15H10Br2Cl2O. The van der Waals surface area contributed by atoms with Crippen LogP contribution in [-0.4, -0.2) is 10.6 Å². The van der Waals surface area contributed by atoms with E-state index in [4.69, 9.17) is 23.2 Å². The number of Topliss-reactive ketones (excluding diaryl/α,β-unsaturated/α-hetero) is 1. The Labute approximate surface area is 144 Å². The van der Waals surface area contributed by atoms with Gasteiger partial charge in [-0.3, -0.25) is 4.79 Å². The van der Waals surface area contributed by atoms with Gasteiger partial charge < -0.3 is 0 Å². The van der Waals surface area contributed by atoms with Gasteiger partial charge in [-0.25, -0.2) is 0 Å². The van der Waals surface area contributed by atoms with E-state index in [2.05, 4.69) is 31.9 Å². The Kier molecular flexibility index (Phi) is 5.67. The van der Waals surface area contributed by atoms with Gasteiger partial charge in [0.1, 0.15) is 0 Å². The predicted octanol–water partition coefficient (Wildman–Crippen LogP) is 6.08. The number of rotatable bonds is 4. The molecule has 5 heteroatoms. The van der Waals surface area contributed by atoms with Gasteiger partial charge in [0.05, 0.1) is 19.7 Å². The van der Waals surface area contributed by atoms with Crippen LogP contribution in [0.3, 0.4) is 0 Å². The van der Waals surface area contributed by atoms with Gasteiger partial charge in [-0.15, -0.1) is 0 Å². The molecule has 0 fully saturated rings. The van der Waals surface area contributed by atoms with Gasteiger partial charge >= 0.3 is 0 Å². The maximum absolute atomic E-state index is 12.4. The molecule has 0 N–H and O–H groups in total. The van der Waals surface area contributed by atoms with E-state index in [0.717, 1.165) is 5.56 Å². The molecule has 0 saturated carbocycles. The molecular weight excluding hydrogens is 427 g/mol. The zero-order chi connectivity index (χ0) is 14.7. The number of hydrogen-bond acceptors (Lipinski definition) is 1. The third-order valence-electron chi connectivity index (χ3n) is 2.83. The first-order chi connectivity index (χ1) is 9.50. The lowest BCUT2D eigenvalue weighted by Gasteiger charge is -2.16. The Hall–Kier alpha value is -0.350. The summed E-state index contributed by atoms with van der Waals surface area (Å²) in [5, 5.41) is 0.816. The topological polar surface area (TPSA) is 17.1 Å². The first kappa shape index (κ1) is 16.0. The molecule has 0 aliphatic heterocycles. The lowest BCUT2D eigenvalue weighted by molar-refractivity contribution is 0.0991. The molecule has 20 heavy (non-hydrogen) atoms. The van der Waals surface area contributed by atoms with Crippen LogP contribution in [0.1, 0.15) is 20.7 Å². The van der Waals surface area contributed by atoms with E-state index in [1.165, 1.54) is 0 Å². The van der Waals surface area contributed by atoms with Crippen LogP contribution < -0.4 is 0 Å². The van der Waals surface area contributed by atoms with Crippen molar-refractivity contribution < 1.29 is 4.79 Å². The fraction of sp³-hybridized carbons (Fsp3) is 0.133. The summed E-state index contributed by atoms with van der Waals surface area (Å²) in [5.74, 6) is -0.0469. The average molecular weight is 437 g/mol. The largest absolute Gasteiger partial charge is 0.293 e. The van der Waals surface area contributed by atoms with E-state index in [1.807, 2.05) is 30.3 Å². The summed E-state index contributed by atoms with van der Waals surface area (Å²) in [7, 11) is 0. The highest BCUT2D eigenvalue weighted by Crippen LogP contribution is 2.34. The van der Waals surface area contributed by atoms with E-state index in [1.54, 1.807) is 18.2 Å². The van der Waals surface area contributed by atoms with Crippen LogP contribution in [0.2, 0.25) is 10.0 Å². The Morgan fingerprint density at radius 3 is 2.20 bits per heavy atom. The standard InChI is InChI=1S/C15H10Br2Cl2O/c16-13(9-4-2-1-3-5-9)14(17)15(20)10-6-7-11(18)12(19)8-10/h1-8,13-14H. The number of carbonyl (C=O) groups excluding carboxylic acids is 1. The molecule has 104 valence electrons. The van der Waals surface area contributed by atoms with Crippen molar-refractivity contribution in [1.29, 1.82) is 0 Å². The van der Waals surface area contributed by atoms with Gasteiger partial charge in [0, 0.05) is 5.56 Å². The quantitative estimate of drug-likeness (QED) is 0.419. The second-order valence-corrected chi connectivity index (χ2v) is 6.99. The zero-order valence-electron chi connectivity index (χ0n) is 10.2. The second-order valence-electron chi connectivity index (χ2n) is 4.21. The van der Waals surface area contributed by atoms with Crippen molar-refractivity contribution in [3.05, 3.63) is 69.7 Å². The molecule has 0 saturated heterocycles. The molecule has 0 radical (unpaired) electrons. The van der Waals surface area contributed by atoms with Crippen molar-refractivity contribution in [3.63, 3.8) is 0 Å². The fourth-order valence-corrected chi connectivity index (χ4v) is 3.16. The minimum atomic E-state index is -0.387. The van der Waals surface area contributed by atoms with E-state index < -0.39 is 0 Å². The lowest BCUT2D eigenvalue weighted by atomic mass is 10.0. The normalized spacial score (nSPS) is 13.8. The van der Waals surface area contributed by atoms with Crippen molar-refractivity contribution in [2.75, 3.05) is 0 Å². The van der Waals surface area contributed by atoms with Crippen molar-refractivity contribution in [3.8, 4) is 0 Å². The third-order valence-corrected chi connectivity index (χ3v) is 6.28. The molecule has 0 aliphatic carbocycles. The van der Waals surface area contributed by atoms with Crippen LogP contribution in [0.5, 0.6) is 0 Å². The van der Waals surface area contributed by atoms with Crippen molar-refractivity contribution in [1.82, 2.24) is 0 Å². The molecule has 2 rings (SSSR count). The van der Waals surface area contributed by atoms with E-state index >= 15 is 0 Å². The number of alkyl halides is 2. The van der Waals surface area contributed by atoms with Gasteiger partial charge in [-0.05, 0) is 23.8 Å². The SMILES string of the molecule is O=C(c1ccc(Cl)c(Cl)c1)C(Br)C(Br)c1ccccc1. The van der Waals surface area contributed by atoms with E-state index in [9.17, 15) is 4.79 Å². The molecule has 0 aromatic heterocycles. The fourth-order valence-electron chi connectivity index (χ4n) is 1.75.